The molecule has 0 bridgehead atoms. The zero-order valence-corrected chi connectivity index (χ0v) is 12.9. The number of nitrogens with one attached hydrogen (secondary N) is 1. The fraction of sp³-hybridized carbons (Fsp3) is 1.00. The first-order valence-corrected chi connectivity index (χ1v) is 8.99. The van der Waals surface area contributed by atoms with Crippen molar-refractivity contribution in [2.75, 3.05) is 12.3 Å². The highest BCUT2D eigenvalue weighted by atomic mass is 32.2. The van der Waals surface area contributed by atoms with E-state index in [-0.39, 0.29) is 17.5 Å². The van der Waals surface area contributed by atoms with E-state index in [4.69, 9.17) is 0 Å². The van der Waals surface area contributed by atoms with E-state index in [1.165, 1.54) is 51.4 Å². The van der Waals surface area contributed by atoms with Gasteiger partial charge in [-0.05, 0) is 36.4 Å². The maximum absolute atomic E-state index is 12.1. The number of alkyl halides is 3. The minimum absolute atomic E-state index is 0.0965. The Bertz CT molecular complexity index is 277. The van der Waals surface area contributed by atoms with Crippen LogP contribution in [0.5, 0.6) is 0 Å². The first-order chi connectivity index (χ1) is 9.56. The lowest BCUT2D eigenvalue weighted by molar-refractivity contribution is -0.0327. The summed E-state index contributed by atoms with van der Waals surface area (Å²) in [6, 6.07) is 0.459. The van der Waals surface area contributed by atoms with Crippen molar-refractivity contribution in [2.24, 2.45) is 11.8 Å². The Kier molecular flexibility index (Phi) is 6.53. The van der Waals surface area contributed by atoms with E-state index in [1.54, 1.807) is 0 Å². The standard InChI is InChI=1S/C15H26F3NS/c16-15(17,18)20-11-10-19-14-9-5-4-8-13(14)12-6-2-1-3-7-12/h12-14,19H,1-11H2. The molecule has 2 unspecified atom stereocenters. The van der Waals surface area contributed by atoms with Crippen molar-refractivity contribution in [1.82, 2.24) is 5.32 Å². The first kappa shape index (κ1) is 16.5. The number of thioether (sulfide) groups is 1. The van der Waals surface area contributed by atoms with E-state index >= 15 is 0 Å². The van der Waals surface area contributed by atoms with Gasteiger partial charge < -0.3 is 5.32 Å². The van der Waals surface area contributed by atoms with Crippen molar-refractivity contribution in [3.8, 4) is 0 Å². The lowest BCUT2D eigenvalue weighted by Crippen LogP contribution is -2.43. The Balaban J connectivity index is 1.75. The van der Waals surface area contributed by atoms with Gasteiger partial charge in [0.2, 0.25) is 0 Å². The fourth-order valence-electron chi connectivity index (χ4n) is 3.95. The van der Waals surface area contributed by atoms with Gasteiger partial charge in [-0.3, -0.25) is 0 Å². The Morgan fingerprint density at radius 1 is 0.900 bits per heavy atom. The molecule has 0 aromatic heterocycles. The van der Waals surface area contributed by atoms with Gasteiger partial charge in [-0.2, -0.15) is 13.2 Å². The predicted molar refractivity (Wildman–Crippen MR) is 78.8 cm³/mol. The van der Waals surface area contributed by atoms with Crippen LogP contribution in [0.3, 0.4) is 0 Å². The summed E-state index contributed by atoms with van der Waals surface area (Å²) in [5.41, 5.74) is -4.09. The molecule has 2 atom stereocenters. The van der Waals surface area contributed by atoms with Gasteiger partial charge in [0, 0.05) is 18.3 Å². The molecule has 0 aliphatic heterocycles. The third kappa shape index (κ3) is 5.47. The molecule has 0 spiro atoms. The van der Waals surface area contributed by atoms with Crippen LogP contribution >= 0.6 is 11.8 Å². The smallest absolute Gasteiger partial charge is 0.313 e. The highest BCUT2D eigenvalue weighted by Gasteiger charge is 2.32. The van der Waals surface area contributed by atoms with Crippen LogP contribution in [-0.2, 0) is 0 Å². The minimum atomic E-state index is -4.09. The minimum Gasteiger partial charge on any atom is -0.313 e. The molecule has 118 valence electrons. The van der Waals surface area contributed by atoms with E-state index < -0.39 is 5.51 Å². The Labute approximate surface area is 124 Å². The third-order valence-corrected chi connectivity index (χ3v) is 5.58. The number of halogens is 3. The first-order valence-electron chi connectivity index (χ1n) is 8.00. The number of rotatable bonds is 5. The second kappa shape index (κ2) is 7.92. The van der Waals surface area contributed by atoms with Crippen LogP contribution in [0.15, 0.2) is 0 Å². The monoisotopic (exact) mass is 309 g/mol. The van der Waals surface area contributed by atoms with E-state index in [2.05, 4.69) is 5.32 Å². The summed E-state index contributed by atoms with van der Waals surface area (Å²) in [6.45, 7) is 0.484. The molecule has 0 saturated heterocycles. The highest BCUT2D eigenvalue weighted by Crippen LogP contribution is 2.38. The van der Waals surface area contributed by atoms with E-state index in [0.29, 0.717) is 18.5 Å². The zero-order chi connectivity index (χ0) is 14.4. The second-order valence-corrected chi connectivity index (χ2v) is 7.36. The van der Waals surface area contributed by atoms with Gasteiger partial charge in [-0.1, -0.05) is 44.9 Å². The predicted octanol–water partition coefficient (Wildman–Crippen LogP) is 4.97. The quantitative estimate of drug-likeness (QED) is 0.720. The maximum atomic E-state index is 12.1. The summed E-state index contributed by atoms with van der Waals surface area (Å²) >= 11 is 0.0965. The molecule has 0 aromatic carbocycles. The van der Waals surface area contributed by atoms with Crippen LogP contribution in [0.4, 0.5) is 13.2 Å². The Hall–Kier alpha value is 0.1000. The van der Waals surface area contributed by atoms with Crippen LogP contribution in [0, 0.1) is 11.8 Å². The third-order valence-electron chi connectivity index (χ3n) is 4.85. The Morgan fingerprint density at radius 3 is 2.25 bits per heavy atom. The van der Waals surface area contributed by atoms with Gasteiger partial charge in [0.1, 0.15) is 0 Å². The highest BCUT2D eigenvalue weighted by molar-refractivity contribution is 8.00. The molecule has 0 heterocycles. The molecule has 1 nitrogen and oxygen atoms in total. The average molecular weight is 309 g/mol. The van der Waals surface area contributed by atoms with Crippen molar-refractivity contribution in [3.63, 3.8) is 0 Å². The molecule has 5 heteroatoms. The summed E-state index contributed by atoms with van der Waals surface area (Å²) in [5.74, 6) is 1.66. The van der Waals surface area contributed by atoms with Gasteiger partial charge in [0.25, 0.3) is 0 Å². The zero-order valence-electron chi connectivity index (χ0n) is 12.1. The molecular formula is C15H26F3NS. The van der Waals surface area contributed by atoms with Gasteiger partial charge in [0.05, 0.1) is 0 Å². The number of hydrogen-bond acceptors (Lipinski definition) is 2. The van der Waals surface area contributed by atoms with E-state index in [9.17, 15) is 13.2 Å². The summed E-state index contributed by atoms with van der Waals surface area (Å²) < 4.78 is 36.4. The largest absolute Gasteiger partial charge is 0.441 e. The van der Waals surface area contributed by atoms with Crippen LogP contribution in [0.25, 0.3) is 0 Å². The molecule has 0 amide bonds. The van der Waals surface area contributed by atoms with E-state index in [1.807, 2.05) is 0 Å². The lowest BCUT2D eigenvalue weighted by atomic mass is 9.71. The molecule has 0 aromatic rings. The molecule has 20 heavy (non-hydrogen) atoms. The molecule has 1 N–H and O–H groups in total. The molecule has 2 saturated carbocycles. The van der Waals surface area contributed by atoms with Crippen LogP contribution in [0.1, 0.15) is 57.8 Å². The maximum Gasteiger partial charge on any atom is 0.441 e. The van der Waals surface area contributed by atoms with Gasteiger partial charge in [-0.15, -0.1) is 0 Å². The van der Waals surface area contributed by atoms with Crippen molar-refractivity contribution < 1.29 is 13.2 Å². The van der Waals surface area contributed by atoms with Crippen LogP contribution in [0.2, 0.25) is 0 Å². The van der Waals surface area contributed by atoms with Crippen molar-refractivity contribution in [3.05, 3.63) is 0 Å². The molecule has 2 aliphatic carbocycles. The van der Waals surface area contributed by atoms with Gasteiger partial charge in [0.15, 0.2) is 0 Å². The fourth-order valence-corrected chi connectivity index (χ4v) is 4.40. The molecule has 0 radical (unpaired) electrons. The second-order valence-electron chi connectivity index (χ2n) is 6.20. The summed E-state index contributed by atoms with van der Waals surface area (Å²) in [7, 11) is 0. The topological polar surface area (TPSA) is 12.0 Å². The lowest BCUT2D eigenvalue weighted by Gasteiger charge is -2.39. The van der Waals surface area contributed by atoms with Gasteiger partial charge >= 0.3 is 5.51 Å². The van der Waals surface area contributed by atoms with E-state index in [0.717, 1.165) is 12.3 Å². The number of hydrogen-bond donors (Lipinski definition) is 1. The molecular weight excluding hydrogens is 283 g/mol. The van der Waals surface area contributed by atoms with Crippen molar-refractivity contribution in [1.29, 1.82) is 0 Å². The normalized spacial score (nSPS) is 29.6. The SMILES string of the molecule is FC(F)(F)SCCNC1CCCCC1C1CCCCC1. The summed E-state index contributed by atoms with van der Waals surface area (Å²) in [4.78, 5) is 0. The van der Waals surface area contributed by atoms with Crippen molar-refractivity contribution in [2.45, 2.75) is 69.3 Å². The van der Waals surface area contributed by atoms with Gasteiger partial charge in [-0.25, -0.2) is 0 Å². The Morgan fingerprint density at radius 2 is 1.55 bits per heavy atom. The van der Waals surface area contributed by atoms with Crippen LogP contribution in [-0.4, -0.2) is 23.8 Å². The summed E-state index contributed by atoms with van der Waals surface area (Å²) in [6.07, 6.45) is 11.7. The van der Waals surface area contributed by atoms with Crippen LogP contribution < -0.4 is 5.32 Å². The van der Waals surface area contributed by atoms with Crippen molar-refractivity contribution >= 4 is 11.8 Å². The summed E-state index contributed by atoms with van der Waals surface area (Å²) in [5, 5.41) is 3.42. The molecule has 2 aliphatic rings. The average Bonchev–Trinajstić information content (AvgIpc) is 2.44. The molecule has 2 fully saturated rings. The molecule has 2 rings (SSSR count).